The third-order valence-corrected chi connectivity index (χ3v) is 11.7. The summed E-state index contributed by atoms with van der Waals surface area (Å²) in [5, 5.41) is 5.81. The maximum absolute atomic E-state index is 2.50. The molecule has 0 atom stereocenters. The summed E-state index contributed by atoms with van der Waals surface area (Å²) in [4.78, 5) is 0. The fourth-order valence-corrected chi connectivity index (χ4v) is 10.6. The van der Waals surface area contributed by atoms with Crippen LogP contribution in [-0.2, 0) is 6.42 Å². The van der Waals surface area contributed by atoms with Gasteiger partial charge in [0.1, 0.15) is 0 Å². The number of rotatable bonds is 4. The van der Waals surface area contributed by atoms with Crippen molar-refractivity contribution in [2.75, 3.05) is 0 Å². The molecule has 0 N–H and O–H groups in total. The van der Waals surface area contributed by atoms with Gasteiger partial charge in [-0.25, -0.2) is 0 Å². The highest BCUT2D eigenvalue weighted by Crippen LogP contribution is 2.36. The number of hydrogen-bond donors (Lipinski definition) is 0. The highest BCUT2D eigenvalue weighted by Gasteiger charge is 2.43. The minimum absolute atomic E-state index is 1.00. The van der Waals surface area contributed by atoms with Gasteiger partial charge in [0, 0.05) is 0 Å². The maximum atomic E-state index is 2.41. The van der Waals surface area contributed by atoms with E-state index in [0.29, 0.717) is 0 Å². The average molecular weight is 425 g/mol. The Bertz CT molecular complexity index is 1280. The van der Waals surface area contributed by atoms with E-state index in [1.807, 2.05) is 0 Å². The van der Waals surface area contributed by atoms with Crippen LogP contribution in [0.15, 0.2) is 133 Å². The second-order valence-electron chi connectivity index (χ2n) is 8.51. The number of fused-ring (bicyclic) bond motifs is 3. The molecular formula is C31H24Si. The lowest BCUT2D eigenvalue weighted by Gasteiger charge is -2.36. The van der Waals surface area contributed by atoms with Crippen molar-refractivity contribution in [2.45, 2.75) is 6.42 Å². The van der Waals surface area contributed by atoms with Gasteiger partial charge in [0.25, 0.3) is 0 Å². The molecule has 1 aliphatic rings. The molecule has 0 nitrogen and oxygen atoms in total. The predicted octanol–water partition coefficient (Wildman–Crippen LogP) is 4.64. The van der Waals surface area contributed by atoms with Gasteiger partial charge in [0.05, 0.1) is 0 Å². The summed E-state index contributed by atoms with van der Waals surface area (Å²) in [5.74, 6) is 0. The molecule has 0 saturated carbocycles. The Morgan fingerprint density at radius 1 is 0.406 bits per heavy atom. The zero-order chi connectivity index (χ0) is 21.4. The summed E-state index contributed by atoms with van der Waals surface area (Å²) in [6, 6.07) is 49.5. The molecule has 5 aromatic carbocycles. The molecule has 5 aromatic rings. The van der Waals surface area contributed by atoms with Crippen molar-refractivity contribution < 1.29 is 0 Å². The van der Waals surface area contributed by atoms with Crippen molar-refractivity contribution in [3.8, 4) is 11.1 Å². The Morgan fingerprint density at radius 3 is 1.44 bits per heavy atom. The largest absolute Gasteiger partial charge is 0.179 e. The van der Waals surface area contributed by atoms with E-state index in [9.17, 15) is 0 Å². The van der Waals surface area contributed by atoms with Crippen LogP contribution >= 0.6 is 0 Å². The van der Waals surface area contributed by atoms with Crippen LogP contribution in [0.4, 0.5) is 0 Å². The van der Waals surface area contributed by atoms with Crippen LogP contribution in [0.5, 0.6) is 0 Å². The monoisotopic (exact) mass is 424 g/mol. The molecule has 0 spiro atoms. The van der Waals surface area contributed by atoms with Gasteiger partial charge in [-0.05, 0) is 49.4 Å². The summed E-state index contributed by atoms with van der Waals surface area (Å²) in [6.07, 6.45) is 1.00. The van der Waals surface area contributed by atoms with Gasteiger partial charge >= 0.3 is 0 Å². The second kappa shape index (κ2) is 7.78. The lowest BCUT2D eigenvalue weighted by Crippen LogP contribution is -2.75. The third kappa shape index (κ3) is 2.82. The Labute approximate surface area is 190 Å². The molecule has 0 radical (unpaired) electrons. The first kappa shape index (κ1) is 19.0. The topological polar surface area (TPSA) is 0 Å². The summed E-state index contributed by atoms with van der Waals surface area (Å²) in [5.41, 5.74) is 5.73. The van der Waals surface area contributed by atoms with E-state index in [1.165, 1.54) is 43.0 Å². The van der Waals surface area contributed by atoms with Crippen LogP contribution < -0.4 is 20.7 Å². The average Bonchev–Trinajstić information content (AvgIpc) is 3.26. The zero-order valence-electron chi connectivity index (χ0n) is 17.9. The molecule has 152 valence electrons. The highest BCUT2D eigenvalue weighted by atomic mass is 28.3. The van der Waals surface area contributed by atoms with Crippen molar-refractivity contribution in [1.82, 2.24) is 0 Å². The normalized spacial score (nSPS) is 12.2. The lowest BCUT2D eigenvalue weighted by molar-refractivity contribution is 1.28. The Morgan fingerprint density at radius 2 is 0.875 bits per heavy atom. The van der Waals surface area contributed by atoms with Crippen molar-refractivity contribution in [3.63, 3.8) is 0 Å². The lowest BCUT2D eigenvalue weighted by atomic mass is 10.1. The molecule has 0 amide bonds. The molecule has 32 heavy (non-hydrogen) atoms. The summed E-state index contributed by atoms with van der Waals surface area (Å²) < 4.78 is 0. The van der Waals surface area contributed by atoms with Crippen molar-refractivity contribution in [2.24, 2.45) is 0 Å². The SMILES string of the molecule is c1ccc([Si](c2ccccc2)(c2ccccc2)c2cccc3c2Cc2ccccc2-3)cc1. The van der Waals surface area contributed by atoms with E-state index in [0.717, 1.165) is 6.42 Å². The molecule has 0 saturated heterocycles. The van der Waals surface area contributed by atoms with Crippen LogP contribution in [-0.4, -0.2) is 8.07 Å². The van der Waals surface area contributed by atoms with Crippen LogP contribution in [0.25, 0.3) is 11.1 Å². The van der Waals surface area contributed by atoms with Gasteiger partial charge in [-0.15, -0.1) is 0 Å². The second-order valence-corrected chi connectivity index (χ2v) is 12.3. The van der Waals surface area contributed by atoms with Gasteiger partial charge in [0.15, 0.2) is 8.07 Å². The highest BCUT2D eigenvalue weighted by molar-refractivity contribution is 7.20. The molecule has 0 unspecified atom stereocenters. The zero-order valence-corrected chi connectivity index (χ0v) is 18.9. The molecular weight excluding hydrogens is 400 g/mol. The van der Waals surface area contributed by atoms with Crippen molar-refractivity contribution in [1.29, 1.82) is 0 Å². The maximum Gasteiger partial charge on any atom is 0.179 e. The van der Waals surface area contributed by atoms with Crippen molar-refractivity contribution in [3.05, 3.63) is 145 Å². The van der Waals surface area contributed by atoms with Crippen LogP contribution in [0.2, 0.25) is 0 Å². The van der Waals surface area contributed by atoms with Gasteiger partial charge < -0.3 is 0 Å². The molecule has 0 aromatic heterocycles. The first-order valence-corrected chi connectivity index (χ1v) is 13.3. The first-order valence-electron chi connectivity index (χ1n) is 11.3. The molecule has 0 bridgehead atoms. The van der Waals surface area contributed by atoms with Gasteiger partial charge in [0.2, 0.25) is 0 Å². The predicted molar refractivity (Wildman–Crippen MR) is 138 cm³/mol. The standard InChI is InChI=1S/C31H24Si/c1-4-14-25(15-5-1)32(26-16-6-2-7-17-26,27-18-8-3-9-19-27)31-22-12-21-29-28-20-11-10-13-24(28)23-30(29)31/h1-22H,23H2. The van der Waals surface area contributed by atoms with E-state index in [-0.39, 0.29) is 0 Å². The smallest absolute Gasteiger partial charge is 0.0623 e. The minimum Gasteiger partial charge on any atom is -0.0623 e. The third-order valence-electron chi connectivity index (χ3n) is 6.88. The summed E-state index contributed by atoms with van der Waals surface area (Å²) >= 11 is 0. The fourth-order valence-electron chi connectivity index (χ4n) is 5.54. The Kier molecular flexibility index (Phi) is 4.63. The number of hydrogen-bond acceptors (Lipinski definition) is 0. The molecule has 1 heteroatoms. The molecule has 0 fully saturated rings. The summed E-state index contributed by atoms with van der Waals surface area (Å²) in [7, 11) is -2.50. The van der Waals surface area contributed by atoms with Gasteiger partial charge in [-0.2, -0.15) is 0 Å². The fraction of sp³-hybridized carbons (Fsp3) is 0.0323. The molecule has 0 heterocycles. The number of benzene rings is 5. The Hall–Kier alpha value is -3.68. The first-order chi connectivity index (χ1) is 15.9. The van der Waals surface area contributed by atoms with E-state index >= 15 is 0 Å². The van der Waals surface area contributed by atoms with E-state index in [4.69, 9.17) is 0 Å². The molecule has 0 aliphatic heterocycles. The van der Waals surface area contributed by atoms with Crippen LogP contribution in [0.3, 0.4) is 0 Å². The van der Waals surface area contributed by atoms with E-state index < -0.39 is 8.07 Å². The summed E-state index contributed by atoms with van der Waals surface area (Å²) in [6.45, 7) is 0. The van der Waals surface area contributed by atoms with E-state index in [2.05, 4.69) is 133 Å². The Balaban J connectivity index is 1.74. The minimum atomic E-state index is -2.50. The molecule has 1 aliphatic carbocycles. The van der Waals surface area contributed by atoms with Crippen molar-refractivity contribution >= 4 is 28.8 Å². The molecule has 6 rings (SSSR count). The van der Waals surface area contributed by atoms with Crippen LogP contribution in [0, 0.1) is 0 Å². The quantitative estimate of drug-likeness (QED) is 0.286. The van der Waals surface area contributed by atoms with E-state index in [1.54, 1.807) is 0 Å². The van der Waals surface area contributed by atoms with Crippen LogP contribution in [0.1, 0.15) is 11.1 Å². The van der Waals surface area contributed by atoms with Gasteiger partial charge in [-0.3, -0.25) is 0 Å². The van der Waals surface area contributed by atoms with Gasteiger partial charge in [-0.1, -0.05) is 133 Å².